The number of benzene rings is 1. The molecule has 1 aliphatic carbocycles. The summed E-state index contributed by atoms with van der Waals surface area (Å²) in [5.74, 6) is 0.847. The molecular formula is C17H27N3. The van der Waals surface area contributed by atoms with Gasteiger partial charge in [-0.05, 0) is 56.9 Å². The summed E-state index contributed by atoms with van der Waals surface area (Å²) < 4.78 is 0. The lowest BCUT2D eigenvalue weighted by Gasteiger charge is -2.37. The van der Waals surface area contributed by atoms with Gasteiger partial charge in [-0.1, -0.05) is 18.2 Å². The van der Waals surface area contributed by atoms with Crippen molar-refractivity contribution in [1.29, 1.82) is 0 Å². The third kappa shape index (κ3) is 3.33. The molecule has 0 atom stereocenters. The summed E-state index contributed by atoms with van der Waals surface area (Å²) in [5.41, 5.74) is 3.10. The van der Waals surface area contributed by atoms with Crippen LogP contribution in [-0.2, 0) is 0 Å². The van der Waals surface area contributed by atoms with Gasteiger partial charge in [-0.25, -0.2) is 0 Å². The van der Waals surface area contributed by atoms with Crippen LogP contribution in [0.25, 0.3) is 0 Å². The fraction of sp³-hybridized carbons (Fsp3) is 0.647. The zero-order valence-corrected chi connectivity index (χ0v) is 12.6. The molecule has 0 unspecified atom stereocenters. The molecule has 1 N–H and O–H groups in total. The molecular weight excluding hydrogens is 246 g/mol. The molecule has 2 fully saturated rings. The highest BCUT2D eigenvalue weighted by molar-refractivity contribution is 5.56. The fourth-order valence-electron chi connectivity index (χ4n) is 3.21. The van der Waals surface area contributed by atoms with Gasteiger partial charge >= 0.3 is 0 Å². The van der Waals surface area contributed by atoms with E-state index in [4.69, 9.17) is 0 Å². The summed E-state index contributed by atoms with van der Waals surface area (Å²) in [7, 11) is 2.03. The van der Waals surface area contributed by atoms with Gasteiger partial charge in [0.25, 0.3) is 0 Å². The summed E-state index contributed by atoms with van der Waals surface area (Å²) >= 11 is 0. The third-order valence-electron chi connectivity index (χ3n) is 4.57. The summed E-state index contributed by atoms with van der Waals surface area (Å²) in [6.45, 7) is 7.15. The Bertz CT molecular complexity index is 420. The van der Waals surface area contributed by atoms with Gasteiger partial charge in [-0.2, -0.15) is 0 Å². The van der Waals surface area contributed by atoms with Crippen LogP contribution in [0.3, 0.4) is 0 Å². The van der Waals surface area contributed by atoms with Crippen LogP contribution in [0, 0.1) is 0 Å². The zero-order chi connectivity index (χ0) is 13.8. The molecule has 0 aromatic heterocycles. The maximum absolute atomic E-state index is 3.23. The number of hydrogen-bond donors (Lipinski definition) is 1. The second kappa shape index (κ2) is 6.59. The molecule has 1 aromatic rings. The lowest BCUT2D eigenvalue weighted by molar-refractivity contribution is 0.254. The summed E-state index contributed by atoms with van der Waals surface area (Å²) in [5, 5.41) is 3.23. The highest BCUT2D eigenvalue weighted by atomic mass is 15.3. The largest absolute Gasteiger partial charge is 0.369 e. The molecule has 1 aromatic carbocycles. The minimum absolute atomic E-state index is 0.847. The first-order valence-corrected chi connectivity index (χ1v) is 8.09. The van der Waals surface area contributed by atoms with E-state index >= 15 is 0 Å². The van der Waals surface area contributed by atoms with Crippen molar-refractivity contribution in [1.82, 2.24) is 10.2 Å². The Hall–Kier alpha value is -1.06. The first-order chi connectivity index (χ1) is 9.88. The molecule has 2 aliphatic rings. The van der Waals surface area contributed by atoms with Crippen LogP contribution >= 0.6 is 0 Å². The number of anilines is 1. The lowest BCUT2D eigenvalue weighted by Crippen LogP contribution is -2.47. The first-order valence-electron chi connectivity index (χ1n) is 8.09. The van der Waals surface area contributed by atoms with Gasteiger partial charge in [0.1, 0.15) is 0 Å². The molecule has 0 radical (unpaired) electrons. The van der Waals surface area contributed by atoms with E-state index in [1.54, 1.807) is 5.56 Å². The van der Waals surface area contributed by atoms with Gasteiger partial charge in [-0.3, -0.25) is 4.90 Å². The van der Waals surface area contributed by atoms with Crippen molar-refractivity contribution in [3.05, 3.63) is 29.8 Å². The van der Waals surface area contributed by atoms with Gasteiger partial charge in [0, 0.05) is 31.9 Å². The van der Waals surface area contributed by atoms with Crippen molar-refractivity contribution >= 4 is 5.69 Å². The molecule has 3 heteroatoms. The Balaban J connectivity index is 1.55. The molecule has 0 amide bonds. The number of hydrogen-bond acceptors (Lipinski definition) is 3. The minimum Gasteiger partial charge on any atom is -0.369 e. The predicted molar refractivity (Wildman–Crippen MR) is 85.6 cm³/mol. The van der Waals surface area contributed by atoms with E-state index < -0.39 is 0 Å². The zero-order valence-electron chi connectivity index (χ0n) is 12.6. The van der Waals surface area contributed by atoms with Gasteiger partial charge in [-0.15, -0.1) is 0 Å². The first kappa shape index (κ1) is 13.9. The Morgan fingerprint density at radius 2 is 1.85 bits per heavy atom. The molecule has 3 rings (SSSR count). The average molecular weight is 273 g/mol. The average Bonchev–Trinajstić information content (AvgIpc) is 3.33. The maximum atomic E-state index is 3.23. The quantitative estimate of drug-likeness (QED) is 0.802. The van der Waals surface area contributed by atoms with E-state index in [1.807, 2.05) is 7.05 Å². The van der Waals surface area contributed by atoms with Crippen molar-refractivity contribution in [3.8, 4) is 0 Å². The Morgan fingerprint density at radius 3 is 2.55 bits per heavy atom. The van der Waals surface area contributed by atoms with Crippen LogP contribution in [0.2, 0.25) is 0 Å². The monoisotopic (exact) mass is 273 g/mol. The molecule has 1 heterocycles. The van der Waals surface area contributed by atoms with Crippen LogP contribution in [0.15, 0.2) is 24.3 Å². The topological polar surface area (TPSA) is 18.5 Å². The molecule has 3 nitrogen and oxygen atoms in total. The number of piperazine rings is 1. The van der Waals surface area contributed by atoms with Crippen LogP contribution in [-0.4, -0.2) is 51.2 Å². The summed E-state index contributed by atoms with van der Waals surface area (Å²) in [6, 6.07) is 9.06. The highest BCUT2D eigenvalue weighted by Gasteiger charge is 2.28. The van der Waals surface area contributed by atoms with E-state index in [1.165, 1.54) is 57.7 Å². The molecule has 0 spiro atoms. The summed E-state index contributed by atoms with van der Waals surface area (Å²) in [4.78, 5) is 5.20. The maximum Gasteiger partial charge on any atom is 0.0402 e. The predicted octanol–water partition coefficient (Wildman–Crippen LogP) is 2.30. The fourth-order valence-corrected chi connectivity index (χ4v) is 3.21. The Morgan fingerprint density at radius 1 is 1.10 bits per heavy atom. The van der Waals surface area contributed by atoms with Gasteiger partial charge < -0.3 is 10.2 Å². The molecule has 1 aliphatic heterocycles. The molecule has 20 heavy (non-hydrogen) atoms. The van der Waals surface area contributed by atoms with Crippen LogP contribution in [0.5, 0.6) is 0 Å². The minimum atomic E-state index is 0.847. The smallest absolute Gasteiger partial charge is 0.0402 e. The highest BCUT2D eigenvalue weighted by Crippen LogP contribution is 2.44. The molecule has 1 saturated carbocycles. The van der Waals surface area contributed by atoms with Gasteiger partial charge in [0.2, 0.25) is 0 Å². The number of nitrogens with zero attached hydrogens (tertiary/aromatic N) is 2. The number of nitrogens with one attached hydrogen (secondary N) is 1. The van der Waals surface area contributed by atoms with Crippen molar-refractivity contribution in [2.45, 2.75) is 25.2 Å². The SMILES string of the molecule is CNCCCN1CCN(c2ccccc2C2CC2)CC1. The number of rotatable bonds is 6. The van der Waals surface area contributed by atoms with E-state index in [2.05, 4.69) is 39.4 Å². The van der Waals surface area contributed by atoms with E-state index in [-0.39, 0.29) is 0 Å². The normalized spacial score (nSPS) is 20.4. The Kier molecular flexibility index (Phi) is 4.58. The lowest BCUT2D eigenvalue weighted by atomic mass is 10.1. The van der Waals surface area contributed by atoms with Crippen molar-refractivity contribution in [2.75, 3.05) is 51.2 Å². The van der Waals surface area contributed by atoms with Gasteiger partial charge in [0.05, 0.1) is 0 Å². The molecule has 1 saturated heterocycles. The van der Waals surface area contributed by atoms with Crippen molar-refractivity contribution in [3.63, 3.8) is 0 Å². The van der Waals surface area contributed by atoms with Crippen molar-refractivity contribution in [2.24, 2.45) is 0 Å². The van der Waals surface area contributed by atoms with E-state index in [9.17, 15) is 0 Å². The van der Waals surface area contributed by atoms with Crippen LogP contribution < -0.4 is 10.2 Å². The second-order valence-electron chi connectivity index (χ2n) is 6.12. The molecule has 0 bridgehead atoms. The standard InChI is InChI=1S/C17H27N3/c1-18-9-4-10-19-11-13-20(14-12-19)17-6-3-2-5-16(17)15-7-8-15/h2-3,5-6,15,18H,4,7-14H2,1H3. The van der Waals surface area contributed by atoms with Crippen LogP contribution in [0.1, 0.15) is 30.7 Å². The van der Waals surface area contributed by atoms with Crippen molar-refractivity contribution < 1.29 is 0 Å². The number of para-hydroxylation sites is 1. The summed E-state index contributed by atoms with van der Waals surface area (Å²) in [6.07, 6.45) is 4.04. The van der Waals surface area contributed by atoms with Crippen LogP contribution in [0.4, 0.5) is 5.69 Å². The molecule has 110 valence electrons. The van der Waals surface area contributed by atoms with E-state index in [0.717, 1.165) is 12.5 Å². The third-order valence-corrected chi connectivity index (χ3v) is 4.57. The second-order valence-corrected chi connectivity index (χ2v) is 6.12. The Labute approximate surface area is 123 Å². The van der Waals surface area contributed by atoms with E-state index in [0.29, 0.717) is 0 Å². The van der Waals surface area contributed by atoms with Gasteiger partial charge in [0.15, 0.2) is 0 Å².